The van der Waals surface area contributed by atoms with E-state index in [-0.39, 0.29) is 10.6 Å². The second kappa shape index (κ2) is 7.39. The molecule has 0 radical (unpaired) electrons. The summed E-state index contributed by atoms with van der Waals surface area (Å²) in [6.45, 7) is 3.05. The molecule has 0 spiro atoms. The Hall–Kier alpha value is -1.42. The first-order valence-corrected chi connectivity index (χ1v) is 7.64. The second-order valence-electron chi connectivity index (χ2n) is 5.78. The highest BCUT2D eigenvalue weighted by Gasteiger charge is 2.19. The van der Waals surface area contributed by atoms with E-state index in [1.54, 1.807) is 12.1 Å². The van der Waals surface area contributed by atoms with Crippen LogP contribution < -0.4 is 5.32 Å². The van der Waals surface area contributed by atoms with Crippen LogP contribution in [0.1, 0.15) is 44.6 Å². The van der Waals surface area contributed by atoms with Crippen molar-refractivity contribution in [1.29, 1.82) is 0 Å². The molecule has 1 saturated carbocycles. The van der Waals surface area contributed by atoms with E-state index in [1.165, 1.54) is 32.1 Å². The second-order valence-corrected chi connectivity index (χ2v) is 5.78. The molecule has 1 aromatic carbocycles. The van der Waals surface area contributed by atoms with Crippen LogP contribution in [-0.4, -0.2) is 17.5 Å². The molecule has 1 N–H and O–H groups in total. The summed E-state index contributed by atoms with van der Waals surface area (Å²) in [6.07, 6.45) is 7.43. The van der Waals surface area contributed by atoms with Gasteiger partial charge in [-0.2, -0.15) is 0 Å². The topological polar surface area (TPSA) is 55.2 Å². The molecule has 1 aliphatic carbocycles. The Balaban J connectivity index is 1.82. The number of benzene rings is 1. The number of nitrogens with one attached hydrogen (secondary N) is 1. The van der Waals surface area contributed by atoms with Crippen molar-refractivity contribution in [2.45, 2.75) is 51.5 Å². The first kappa shape index (κ1) is 15.0. The van der Waals surface area contributed by atoms with Gasteiger partial charge in [-0.15, -0.1) is 0 Å². The zero-order valence-electron chi connectivity index (χ0n) is 12.2. The highest BCUT2D eigenvalue weighted by Crippen LogP contribution is 2.26. The number of hydrogen-bond donors (Lipinski definition) is 1. The quantitative estimate of drug-likeness (QED) is 0.636. The van der Waals surface area contributed by atoms with Crippen molar-refractivity contribution in [3.8, 4) is 0 Å². The summed E-state index contributed by atoms with van der Waals surface area (Å²) in [7, 11) is 0. The summed E-state index contributed by atoms with van der Waals surface area (Å²) < 4.78 is 0. The predicted molar refractivity (Wildman–Crippen MR) is 80.8 cm³/mol. The van der Waals surface area contributed by atoms with Gasteiger partial charge >= 0.3 is 0 Å². The summed E-state index contributed by atoms with van der Waals surface area (Å²) in [4.78, 5) is 10.7. The van der Waals surface area contributed by atoms with Crippen molar-refractivity contribution >= 4 is 5.69 Å². The molecular formula is C16H24N2O2. The number of nitrogens with zero attached hydrogens (tertiary/aromatic N) is 1. The van der Waals surface area contributed by atoms with Gasteiger partial charge in [0.1, 0.15) is 0 Å². The molecule has 110 valence electrons. The highest BCUT2D eigenvalue weighted by atomic mass is 16.6. The monoisotopic (exact) mass is 276 g/mol. The zero-order valence-corrected chi connectivity index (χ0v) is 12.2. The molecule has 2 rings (SSSR count). The fraction of sp³-hybridized carbons (Fsp3) is 0.625. The van der Waals surface area contributed by atoms with E-state index in [0.29, 0.717) is 12.5 Å². The third-order valence-electron chi connectivity index (χ3n) is 4.41. The van der Waals surface area contributed by atoms with Gasteiger partial charge < -0.3 is 5.32 Å². The summed E-state index contributed by atoms with van der Waals surface area (Å²) in [5, 5.41) is 14.5. The Morgan fingerprint density at radius 1 is 1.30 bits per heavy atom. The molecule has 0 saturated heterocycles. The minimum Gasteiger partial charge on any atom is -0.314 e. The van der Waals surface area contributed by atoms with Gasteiger partial charge in [-0.25, -0.2) is 0 Å². The summed E-state index contributed by atoms with van der Waals surface area (Å²) in [6, 6.07) is 7.54. The third kappa shape index (κ3) is 4.04. The fourth-order valence-corrected chi connectivity index (χ4v) is 3.14. The molecule has 0 aliphatic heterocycles. The average molecular weight is 276 g/mol. The molecular weight excluding hydrogens is 252 g/mol. The van der Waals surface area contributed by atoms with E-state index in [0.717, 1.165) is 18.0 Å². The summed E-state index contributed by atoms with van der Waals surface area (Å²) in [5.41, 5.74) is 1.06. The molecule has 1 fully saturated rings. The molecule has 0 amide bonds. The van der Waals surface area contributed by atoms with Crippen LogP contribution in [0, 0.1) is 16.0 Å². The number of nitro benzene ring substituents is 1. The highest BCUT2D eigenvalue weighted by molar-refractivity contribution is 5.39. The van der Waals surface area contributed by atoms with E-state index >= 15 is 0 Å². The molecule has 1 aromatic rings. The molecule has 4 heteroatoms. The van der Waals surface area contributed by atoms with Gasteiger partial charge in [0, 0.05) is 17.7 Å². The Kier molecular flexibility index (Phi) is 5.53. The van der Waals surface area contributed by atoms with Crippen LogP contribution in [0.2, 0.25) is 0 Å². The first-order chi connectivity index (χ1) is 9.68. The molecule has 1 atom stereocenters. The van der Waals surface area contributed by atoms with Crippen LogP contribution in [0.5, 0.6) is 0 Å². The smallest absolute Gasteiger partial charge is 0.272 e. The lowest BCUT2D eigenvalue weighted by Crippen LogP contribution is -2.35. The lowest BCUT2D eigenvalue weighted by Gasteiger charge is -2.28. The van der Waals surface area contributed by atoms with Crippen molar-refractivity contribution in [3.63, 3.8) is 0 Å². The van der Waals surface area contributed by atoms with Gasteiger partial charge in [-0.3, -0.25) is 10.1 Å². The van der Waals surface area contributed by atoms with E-state index in [1.807, 2.05) is 12.1 Å². The van der Waals surface area contributed by atoms with Gasteiger partial charge in [0.15, 0.2) is 0 Å². The van der Waals surface area contributed by atoms with Crippen LogP contribution in [0.15, 0.2) is 24.3 Å². The maximum atomic E-state index is 11.0. The minimum absolute atomic E-state index is 0.236. The van der Waals surface area contributed by atoms with Crippen molar-refractivity contribution in [3.05, 3.63) is 39.9 Å². The van der Waals surface area contributed by atoms with Crippen molar-refractivity contribution < 1.29 is 4.92 Å². The molecule has 0 unspecified atom stereocenters. The summed E-state index contributed by atoms with van der Waals surface area (Å²) in [5.74, 6) is 0.773. The fourth-order valence-electron chi connectivity index (χ4n) is 3.14. The van der Waals surface area contributed by atoms with E-state index in [9.17, 15) is 10.1 Å². The van der Waals surface area contributed by atoms with E-state index < -0.39 is 0 Å². The van der Waals surface area contributed by atoms with E-state index in [4.69, 9.17) is 0 Å². The van der Waals surface area contributed by atoms with Gasteiger partial charge in [-0.1, -0.05) is 37.5 Å². The minimum atomic E-state index is -0.292. The number of nitro groups is 1. The predicted octanol–water partition coefficient (Wildman–Crippen LogP) is 3.70. The molecule has 4 nitrogen and oxygen atoms in total. The van der Waals surface area contributed by atoms with Crippen LogP contribution in [0.4, 0.5) is 5.69 Å². The lowest BCUT2D eigenvalue weighted by atomic mass is 9.84. The molecule has 0 aromatic heterocycles. The van der Waals surface area contributed by atoms with Gasteiger partial charge in [-0.05, 0) is 38.6 Å². The average Bonchev–Trinajstić information content (AvgIpc) is 2.48. The Labute approximate surface area is 120 Å². The van der Waals surface area contributed by atoms with Crippen molar-refractivity contribution in [1.82, 2.24) is 5.32 Å². The third-order valence-corrected chi connectivity index (χ3v) is 4.41. The normalized spacial score (nSPS) is 17.9. The molecule has 1 aliphatic rings. The first-order valence-electron chi connectivity index (χ1n) is 7.64. The molecule has 0 heterocycles. The standard InChI is InChI=1S/C16H24N2O2/c1-13(14-7-3-2-4-8-14)17-12-11-15-9-5-6-10-16(15)18(19)20/h5-6,9-10,13-14,17H,2-4,7-8,11-12H2,1H3/t13-/m1/s1. The SMILES string of the molecule is C[C@@H](NCCc1ccccc1[N+](=O)[O-])C1CCCCC1. The van der Waals surface area contributed by atoms with Crippen LogP contribution in [0.25, 0.3) is 0 Å². The summed E-state index contributed by atoms with van der Waals surface area (Å²) >= 11 is 0. The van der Waals surface area contributed by atoms with Crippen LogP contribution >= 0.6 is 0 Å². The largest absolute Gasteiger partial charge is 0.314 e. The Bertz CT molecular complexity index is 442. The number of para-hydroxylation sites is 1. The number of hydrogen-bond acceptors (Lipinski definition) is 3. The zero-order chi connectivity index (χ0) is 14.4. The Morgan fingerprint density at radius 3 is 2.70 bits per heavy atom. The van der Waals surface area contributed by atoms with Gasteiger partial charge in [0.25, 0.3) is 5.69 Å². The van der Waals surface area contributed by atoms with E-state index in [2.05, 4.69) is 12.2 Å². The van der Waals surface area contributed by atoms with Gasteiger partial charge in [0.2, 0.25) is 0 Å². The van der Waals surface area contributed by atoms with Crippen LogP contribution in [0.3, 0.4) is 0 Å². The van der Waals surface area contributed by atoms with Crippen LogP contribution in [-0.2, 0) is 6.42 Å². The molecule has 0 bridgehead atoms. The maximum absolute atomic E-state index is 11.0. The van der Waals surface area contributed by atoms with Gasteiger partial charge in [0.05, 0.1) is 4.92 Å². The molecule has 20 heavy (non-hydrogen) atoms. The lowest BCUT2D eigenvalue weighted by molar-refractivity contribution is -0.385. The van der Waals surface area contributed by atoms with Crippen molar-refractivity contribution in [2.24, 2.45) is 5.92 Å². The maximum Gasteiger partial charge on any atom is 0.272 e. The Morgan fingerprint density at radius 2 is 2.00 bits per heavy atom. The number of rotatable bonds is 6. The van der Waals surface area contributed by atoms with Crippen molar-refractivity contribution in [2.75, 3.05) is 6.54 Å².